The van der Waals surface area contributed by atoms with E-state index in [1.807, 2.05) is 20.8 Å². The van der Waals surface area contributed by atoms with Crippen LogP contribution in [-0.2, 0) is 19.0 Å². The van der Waals surface area contributed by atoms with Crippen LogP contribution in [0.5, 0.6) is 0 Å². The van der Waals surface area contributed by atoms with E-state index in [4.69, 9.17) is 14.2 Å². The van der Waals surface area contributed by atoms with Gasteiger partial charge >= 0.3 is 5.97 Å². The summed E-state index contributed by atoms with van der Waals surface area (Å²) < 4.78 is 16.5. The van der Waals surface area contributed by atoms with Crippen LogP contribution in [0, 0.1) is 0 Å². The molecular weight excluding hydrogens is 248 g/mol. The number of hydrogen-bond acceptors (Lipinski definition) is 4. The molecule has 0 aromatic carbocycles. The van der Waals surface area contributed by atoms with Crippen LogP contribution in [0.1, 0.15) is 40.5 Å². The highest BCUT2D eigenvalue weighted by molar-refractivity contribution is 6.13. The van der Waals surface area contributed by atoms with Gasteiger partial charge in [-0.2, -0.15) is 0 Å². The Morgan fingerprint density at radius 2 is 1.83 bits per heavy atom. The Labute approximate surface area is 113 Å². The summed E-state index contributed by atoms with van der Waals surface area (Å²) in [5.74, 6) is -0.339. The summed E-state index contributed by atoms with van der Waals surface area (Å²) >= 11 is 0. The van der Waals surface area contributed by atoms with Gasteiger partial charge in [-0.3, -0.25) is 0 Å². The molecule has 0 saturated carbocycles. The monoisotopic (exact) mass is 274 g/mol. The summed E-state index contributed by atoms with van der Waals surface area (Å²) in [6.45, 7) is 12.2. The Kier molecular flexibility index (Phi) is 8.14. The Morgan fingerprint density at radius 3 is 2.22 bits per heavy atom. The minimum atomic E-state index is -0.465. The smallest absolute Gasteiger partial charge is 0.333 e. The highest BCUT2D eigenvalue weighted by Crippen LogP contribution is 2.18. The predicted octanol–water partition coefficient (Wildman–Crippen LogP) is 1.37. The van der Waals surface area contributed by atoms with Gasteiger partial charge in [0.05, 0.1) is 16.3 Å². The van der Waals surface area contributed by atoms with E-state index in [-0.39, 0.29) is 12.1 Å². The van der Waals surface area contributed by atoms with Gasteiger partial charge in [-0.25, -0.2) is 4.79 Å². The van der Waals surface area contributed by atoms with Crippen LogP contribution in [-0.4, -0.2) is 40.9 Å². The average Bonchev–Trinajstić information content (AvgIpc) is 2.27. The third-order valence-electron chi connectivity index (χ3n) is 2.56. The lowest BCUT2D eigenvalue weighted by Gasteiger charge is -2.30. The first-order chi connectivity index (χ1) is 8.34. The Bertz CT molecular complexity index is 272. The third kappa shape index (κ3) is 6.93. The number of ether oxygens (including phenoxy) is 3. The minimum absolute atomic E-state index is 0.150. The zero-order chi connectivity index (χ0) is 14.2. The summed E-state index contributed by atoms with van der Waals surface area (Å²) in [7, 11) is 0.786. The van der Waals surface area contributed by atoms with Crippen LogP contribution < -0.4 is 0 Å². The lowest BCUT2D eigenvalue weighted by atomic mass is 10.2. The van der Waals surface area contributed by atoms with E-state index in [1.54, 1.807) is 6.92 Å². The SMILES string of the molecule is C=C(C)C(=O)OC(C)CCC([SiH3])(OCC)OCC. The third-order valence-corrected chi connectivity index (χ3v) is 3.64. The van der Waals surface area contributed by atoms with Gasteiger partial charge in [-0.05, 0) is 40.5 Å². The number of carbonyl (C=O) groups is 1. The van der Waals surface area contributed by atoms with Crippen molar-refractivity contribution in [2.45, 2.75) is 52.1 Å². The minimum Gasteiger partial charge on any atom is -0.459 e. The van der Waals surface area contributed by atoms with Gasteiger partial charge in [0.15, 0.2) is 0 Å². The quantitative estimate of drug-likeness (QED) is 0.276. The first-order valence-corrected chi connectivity index (χ1v) is 7.49. The van der Waals surface area contributed by atoms with E-state index in [9.17, 15) is 4.79 Å². The fourth-order valence-corrected chi connectivity index (χ4v) is 2.47. The molecule has 0 amide bonds. The Balaban J connectivity index is 4.18. The van der Waals surface area contributed by atoms with Crippen molar-refractivity contribution in [2.75, 3.05) is 13.2 Å². The van der Waals surface area contributed by atoms with E-state index in [0.717, 1.165) is 23.1 Å². The molecule has 0 radical (unpaired) electrons. The Morgan fingerprint density at radius 1 is 1.33 bits per heavy atom. The van der Waals surface area contributed by atoms with Crippen molar-refractivity contribution in [2.24, 2.45) is 0 Å². The number of carbonyl (C=O) groups excluding carboxylic acids is 1. The number of hydrogen-bond donors (Lipinski definition) is 0. The molecule has 0 aromatic heterocycles. The molecule has 4 nitrogen and oxygen atoms in total. The molecule has 18 heavy (non-hydrogen) atoms. The zero-order valence-electron chi connectivity index (χ0n) is 12.2. The highest BCUT2D eigenvalue weighted by Gasteiger charge is 2.25. The molecular formula is C13H26O4Si. The van der Waals surface area contributed by atoms with Crippen molar-refractivity contribution < 1.29 is 19.0 Å². The summed E-state index contributed by atoms with van der Waals surface area (Å²) in [6.07, 6.45) is 1.32. The first kappa shape index (κ1) is 17.3. The molecule has 106 valence electrons. The molecule has 0 heterocycles. The summed E-state index contributed by atoms with van der Waals surface area (Å²) in [5.41, 5.74) is -0.0403. The summed E-state index contributed by atoms with van der Waals surface area (Å²) in [6, 6.07) is 0. The largest absolute Gasteiger partial charge is 0.459 e. The van der Waals surface area contributed by atoms with Gasteiger partial charge < -0.3 is 14.2 Å². The second kappa shape index (κ2) is 8.45. The van der Waals surface area contributed by atoms with Crippen molar-refractivity contribution >= 4 is 16.2 Å². The molecule has 0 N–H and O–H groups in total. The molecule has 1 unspecified atom stereocenters. The predicted molar refractivity (Wildman–Crippen MR) is 75.5 cm³/mol. The lowest BCUT2D eigenvalue weighted by molar-refractivity contribution is -0.181. The van der Waals surface area contributed by atoms with Crippen LogP contribution in [0.15, 0.2) is 12.2 Å². The van der Waals surface area contributed by atoms with E-state index in [2.05, 4.69) is 6.58 Å². The fraction of sp³-hybridized carbons (Fsp3) is 0.769. The van der Waals surface area contributed by atoms with Gasteiger partial charge in [0.1, 0.15) is 5.41 Å². The van der Waals surface area contributed by atoms with E-state index in [0.29, 0.717) is 18.8 Å². The fourth-order valence-electron chi connectivity index (χ4n) is 1.60. The highest BCUT2D eigenvalue weighted by atomic mass is 28.1. The van der Waals surface area contributed by atoms with E-state index >= 15 is 0 Å². The van der Waals surface area contributed by atoms with Crippen molar-refractivity contribution in [1.29, 1.82) is 0 Å². The number of esters is 1. The molecule has 0 bridgehead atoms. The molecule has 0 aliphatic rings. The summed E-state index contributed by atoms with van der Waals surface area (Å²) in [4.78, 5) is 11.4. The second-order valence-electron chi connectivity index (χ2n) is 4.53. The Hall–Kier alpha value is -0.653. The van der Waals surface area contributed by atoms with Crippen molar-refractivity contribution in [3.8, 4) is 0 Å². The zero-order valence-corrected chi connectivity index (χ0v) is 14.2. The van der Waals surface area contributed by atoms with Gasteiger partial charge in [0, 0.05) is 18.8 Å². The van der Waals surface area contributed by atoms with E-state index < -0.39 is 5.41 Å². The standard InChI is InChI=1S/C13H26O4Si/c1-6-15-13(18,16-7-2)9-8-11(5)17-12(14)10(3)4/h11H,3,6-9H2,1-2,4-5,18H3. The van der Waals surface area contributed by atoms with Crippen LogP contribution in [0.2, 0.25) is 0 Å². The summed E-state index contributed by atoms with van der Waals surface area (Å²) in [5, 5.41) is 0. The molecule has 0 saturated heterocycles. The van der Waals surface area contributed by atoms with Gasteiger partial charge in [-0.1, -0.05) is 6.58 Å². The molecule has 1 atom stereocenters. The maximum atomic E-state index is 11.4. The van der Waals surface area contributed by atoms with Crippen molar-refractivity contribution in [3.05, 3.63) is 12.2 Å². The average molecular weight is 274 g/mol. The molecule has 5 heteroatoms. The lowest BCUT2D eigenvalue weighted by Crippen LogP contribution is -2.37. The van der Waals surface area contributed by atoms with Crippen LogP contribution in [0.4, 0.5) is 0 Å². The van der Waals surface area contributed by atoms with Gasteiger partial charge in [0.25, 0.3) is 0 Å². The van der Waals surface area contributed by atoms with Gasteiger partial charge in [-0.15, -0.1) is 0 Å². The number of rotatable bonds is 9. The second-order valence-corrected chi connectivity index (χ2v) is 6.06. The normalized spacial score (nSPS) is 13.3. The maximum absolute atomic E-state index is 11.4. The molecule has 0 rings (SSSR count). The molecule has 0 fully saturated rings. The van der Waals surface area contributed by atoms with Crippen LogP contribution in [0.25, 0.3) is 0 Å². The first-order valence-electron chi connectivity index (χ1n) is 6.49. The van der Waals surface area contributed by atoms with Crippen LogP contribution >= 0.6 is 0 Å². The molecule has 0 aromatic rings. The topological polar surface area (TPSA) is 44.8 Å². The molecule has 0 spiro atoms. The van der Waals surface area contributed by atoms with Gasteiger partial charge in [0.2, 0.25) is 0 Å². The molecule has 0 aliphatic heterocycles. The van der Waals surface area contributed by atoms with Crippen molar-refractivity contribution in [1.82, 2.24) is 0 Å². The van der Waals surface area contributed by atoms with Crippen molar-refractivity contribution in [3.63, 3.8) is 0 Å². The maximum Gasteiger partial charge on any atom is 0.333 e. The van der Waals surface area contributed by atoms with E-state index in [1.165, 1.54) is 0 Å². The van der Waals surface area contributed by atoms with Crippen LogP contribution in [0.3, 0.4) is 0 Å². The molecule has 0 aliphatic carbocycles.